The van der Waals surface area contributed by atoms with Gasteiger partial charge in [0.15, 0.2) is 0 Å². The first kappa shape index (κ1) is 31.0. The first-order valence-electron chi connectivity index (χ1n) is 14.8. The Hall–Kier alpha value is -3.99. The molecule has 4 aromatic rings. The van der Waals surface area contributed by atoms with Crippen LogP contribution in [0, 0.1) is 6.92 Å². The number of thioether (sulfide) groups is 1. The largest absolute Gasteiger partial charge is 0.497 e. The van der Waals surface area contributed by atoms with Gasteiger partial charge in [-0.05, 0) is 54.4 Å². The standard InChI is InChI=1S/C36H35NO7S/c1-23-12-18-27(19-13-23)45-36-31(37-34(39)28-10-6-7-11-29(28)35(37)40)33(43-21-25-14-16-26(41-2)17-15-25)32(38)30(44-36)22-42-20-24-8-4-3-5-9-24/h3-19,30-33,36,38H,20-22H2,1-2H3/t30-,31-,32-,33-,36+/m1/s1. The average Bonchev–Trinajstić information content (AvgIpc) is 3.32. The van der Waals surface area contributed by atoms with Crippen molar-refractivity contribution < 1.29 is 33.6 Å². The zero-order valence-electron chi connectivity index (χ0n) is 25.1. The van der Waals surface area contributed by atoms with Gasteiger partial charge in [-0.25, -0.2) is 0 Å². The molecular formula is C36H35NO7S. The normalized spacial score (nSPS) is 22.8. The molecule has 2 heterocycles. The summed E-state index contributed by atoms with van der Waals surface area (Å²) in [6.07, 6.45) is -2.97. The lowest BCUT2D eigenvalue weighted by molar-refractivity contribution is -0.205. The number of fused-ring (bicyclic) bond motifs is 1. The van der Waals surface area contributed by atoms with E-state index in [0.29, 0.717) is 23.5 Å². The fourth-order valence-electron chi connectivity index (χ4n) is 5.61. The van der Waals surface area contributed by atoms with Gasteiger partial charge in [-0.15, -0.1) is 0 Å². The summed E-state index contributed by atoms with van der Waals surface area (Å²) in [5, 5.41) is 11.8. The summed E-state index contributed by atoms with van der Waals surface area (Å²) >= 11 is 1.39. The van der Waals surface area contributed by atoms with Crippen LogP contribution in [0.25, 0.3) is 0 Å². The third kappa shape index (κ3) is 6.83. The SMILES string of the molecule is COc1ccc(CO[C@H]2[C@H](O)[C@@H](COCc3ccccc3)O[C@@H](Sc3ccc(C)cc3)[C@@H]2N2C(=O)c3ccccc3C2=O)cc1. The van der Waals surface area contributed by atoms with Gasteiger partial charge in [0.2, 0.25) is 0 Å². The van der Waals surface area contributed by atoms with Crippen LogP contribution in [0.15, 0.2) is 108 Å². The Balaban J connectivity index is 1.33. The molecule has 0 unspecified atom stereocenters. The number of nitrogens with zero attached hydrogens (tertiary/aromatic N) is 1. The molecule has 0 spiro atoms. The van der Waals surface area contributed by atoms with Crippen molar-refractivity contribution in [3.8, 4) is 5.75 Å². The number of aliphatic hydroxyl groups is 1. The van der Waals surface area contributed by atoms with Gasteiger partial charge < -0.3 is 24.1 Å². The minimum atomic E-state index is -1.21. The number of imide groups is 1. The number of hydrogen-bond acceptors (Lipinski definition) is 8. The molecule has 232 valence electrons. The summed E-state index contributed by atoms with van der Waals surface area (Å²) in [7, 11) is 1.60. The van der Waals surface area contributed by atoms with Gasteiger partial charge in [-0.2, -0.15) is 0 Å². The summed E-state index contributed by atoms with van der Waals surface area (Å²) in [6, 6.07) is 30.9. The predicted molar refractivity (Wildman–Crippen MR) is 170 cm³/mol. The van der Waals surface area contributed by atoms with Crippen LogP contribution in [0.5, 0.6) is 5.75 Å². The van der Waals surface area contributed by atoms with Crippen LogP contribution in [-0.2, 0) is 27.4 Å². The van der Waals surface area contributed by atoms with Crippen LogP contribution in [0.1, 0.15) is 37.4 Å². The highest BCUT2D eigenvalue weighted by molar-refractivity contribution is 7.99. The number of aryl methyl sites for hydroxylation is 1. The van der Waals surface area contributed by atoms with E-state index in [-0.39, 0.29) is 13.2 Å². The van der Waals surface area contributed by atoms with Crippen molar-refractivity contribution in [2.45, 2.75) is 54.8 Å². The lowest BCUT2D eigenvalue weighted by Crippen LogP contribution is -2.65. The number of amides is 2. The second-order valence-electron chi connectivity index (χ2n) is 11.1. The number of aliphatic hydroxyl groups excluding tert-OH is 1. The highest BCUT2D eigenvalue weighted by atomic mass is 32.2. The maximum Gasteiger partial charge on any atom is 0.262 e. The molecule has 2 aliphatic heterocycles. The number of carbonyl (C=O) groups is 2. The highest BCUT2D eigenvalue weighted by Crippen LogP contribution is 2.40. The molecule has 0 aliphatic carbocycles. The quantitative estimate of drug-likeness (QED) is 0.214. The highest BCUT2D eigenvalue weighted by Gasteiger charge is 2.54. The van der Waals surface area contributed by atoms with E-state index >= 15 is 0 Å². The molecule has 45 heavy (non-hydrogen) atoms. The van der Waals surface area contributed by atoms with Gasteiger partial charge in [-0.1, -0.05) is 84.1 Å². The zero-order valence-corrected chi connectivity index (χ0v) is 25.9. The van der Waals surface area contributed by atoms with Crippen molar-refractivity contribution in [2.75, 3.05) is 13.7 Å². The Labute approximate surface area is 266 Å². The van der Waals surface area contributed by atoms with E-state index in [4.69, 9.17) is 18.9 Å². The van der Waals surface area contributed by atoms with Crippen molar-refractivity contribution in [1.82, 2.24) is 4.90 Å². The van der Waals surface area contributed by atoms with Crippen LogP contribution in [-0.4, -0.2) is 65.3 Å². The minimum absolute atomic E-state index is 0.0816. The van der Waals surface area contributed by atoms with Gasteiger partial charge in [0.25, 0.3) is 11.8 Å². The molecule has 9 heteroatoms. The second kappa shape index (κ2) is 14.0. The first-order valence-corrected chi connectivity index (χ1v) is 15.7. The molecule has 8 nitrogen and oxygen atoms in total. The number of ether oxygens (including phenoxy) is 4. The molecule has 0 bridgehead atoms. The average molecular weight is 626 g/mol. The first-order chi connectivity index (χ1) is 21.9. The second-order valence-corrected chi connectivity index (χ2v) is 12.3. The monoisotopic (exact) mass is 625 g/mol. The third-order valence-corrected chi connectivity index (χ3v) is 9.20. The number of benzene rings is 4. The van der Waals surface area contributed by atoms with Crippen molar-refractivity contribution in [2.24, 2.45) is 0 Å². The number of methoxy groups -OCH3 is 1. The van der Waals surface area contributed by atoms with E-state index in [1.165, 1.54) is 16.7 Å². The van der Waals surface area contributed by atoms with Crippen LogP contribution >= 0.6 is 11.8 Å². The minimum Gasteiger partial charge on any atom is -0.497 e. The lowest BCUT2D eigenvalue weighted by Gasteiger charge is -2.47. The molecule has 1 saturated heterocycles. The summed E-state index contributed by atoms with van der Waals surface area (Å²) < 4.78 is 24.3. The van der Waals surface area contributed by atoms with Gasteiger partial charge in [-0.3, -0.25) is 14.5 Å². The van der Waals surface area contributed by atoms with Crippen molar-refractivity contribution in [3.05, 3.63) is 131 Å². The number of carbonyl (C=O) groups excluding carboxylic acids is 2. The van der Waals surface area contributed by atoms with E-state index in [9.17, 15) is 14.7 Å². The van der Waals surface area contributed by atoms with Crippen molar-refractivity contribution >= 4 is 23.6 Å². The Kier molecular flexibility index (Phi) is 9.63. The van der Waals surface area contributed by atoms with Crippen LogP contribution < -0.4 is 4.74 Å². The van der Waals surface area contributed by atoms with Gasteiger partial charge in [0, 0.05) is 4.90 Å². The van der Waals surface area contributed by atoms with E-state index in [1.807, 2.05) is 85.8 Å². The summed E-state index contributed by atoms with van der Waals surface area (Å²) in [5.74, 6) is -0.176. The molecule has 0 saturated carbocycles. The molecule has 1 fully saturated rings. The maximum absolute atomic E-state index is 13.8. The van der Waals surface area contributed by atoms with Crippen LogP contribution in [0.4, 0.5) is 0 Å². The predicted octanol–water partition coefficient (Wildman–Crippen LogP) is 5.65. The fourth-order valence-corrected chi connectivity index (χ4v) is 6.79. The molecule has 0 radical (unpaired) electrons. The molecule has 5 atom stereocenters. The Morgan fingerprint density at radius 1 is 0.800 bits per heavy atom. The summed E-state index contributed by atoms with van der Waals surface area (Å²) in [6.45, 7) is 2.55. The van der Waals surface area contributed by atoms with Crippen LogP contribution in [0.3, 0.4) is 0 Å². The number of hydrogen-bond donors (Lipinski definition) is 1. The topological polar surface area (TPSA) is 94.5 Å². The Bertz CT molecular complexity index is 1580. The Morgan fingerprint density at radius 2 is 1.42 bits per heavy atom. The van der Waals surface area contributed by atoms with E-state index in [1.54, 1.807) is 31.4 Å². The van der Waals surface area contributed by atoms with Crippen molar-refractivity contribution in [3.63, 3.8) is 0 Å². The van der Waals surface area contributed by atoms with E-state index < -0.39 is 41.6 Å². The molecular weight excluding hydrogens is 590 g/mol. The molecule has 4 aromatic carbocycles. The third-order valence-electron chi connectivity index (χ3n) is 8.03. The van der Waals surface area contributed by atoms with Gasteiger partial charge in [0.1, 0.15) is 35.5 Å². The van der Waals surface area contributed by atoms with Crippen molar-refractivity contribution in [1.29, 1.82) is 0 Å². The number of rotatable bonds is 11. The fraction of sp³-hybridized carbons (Fsp3) is 0.278. The molecule has 1 N–H and O–H groups in total. The molecule has 6 rings (SSSR count). The molecule has 0 aromatic heterocycles. The zero-order chi connectivity index (χ0) is 31.3. The maximum atomic E-state index is 13.8. The Morgan fingerprint density at radius 3 is 2.07 bits per heavy atom. The van der Waals surface area contributed by atoms with Gasteiger partial charge in [0.05, 0.1) is 38.1 Å². The molecule has 2 aliphatic rings. The van der Waals surface area contributed by atoms with Crippen LogP contribution in [0.2, 0.25) is 0 Å². The smallest absolute Gasteiger partial charge is 0.262 e. The molecule has 2 amide bonds. The van der Waals surface area contributed by atoms with Gasteiger partial charge >= 0.3 is 0 Å². The lowest BCUT2D eigenvalue weighted by atomic mass is 9.96. The van der Waals surface area contributed by atoms with E-state index in [0.717, 1.165) is 21.6 Å². The summed E-state index contributed by atoms with van der Waals surface area (Å²) in [5.41, 5.74) is 2.81. The summed E-state index contributed by atoms with van der Waals surface area (Å²) in [4.78, 5) is 29.7. The van der Waals surface area contributed by atoms with E-state index in [2.05, 4.69) is 0 Å².